The van der Waals surface area contributed by atoms with Gasteiger partial charge in [0.05, 0.1) is 5.41 Å². The van der Waals surface area contributed by atoms with Crippen molar-refractivity contribution in [2.24, 2.45) is 11.3 Å². The average Bonchev–Trinajstić information content (AvgIpc) is 2.29. The number of carbonyl (C=O) groups is 1. The van der Waals surface area contributed by atoms with Crippen molar-refractivity contribution in [3.05, 3.63) is 0 Å². The molecule has 0 heterocycles. The van der Waals surface area contributed by atoms with Crippen molar-refractivity contribution in [3.8, 4) is 0 Å². The van der Waals surface area contributed by atoms with Crippen LogP contribution in [0.1, 0.15) is 57.8 Å². The molecule has 0 aromatic carbocycles. The molecule has 0 saturated heterocycles. The van der Waals surface area contributed by atoms with Gasteiger partial charge in [-0.05, 0) is 31.6 Å². The SMILES string of the molecule is O=C(O)C1(C2CCC(F)(F)CC2)CCCCC1. The molecule has 0 spiro atoms. The second kappa shape index (κ2) is 4.54. The third kappa shape index (κ3) is 2.45. The lowest BCUT2D eigenvalue weighted by atomic mass is 9.61. The summed E-state index contributed by atoms with van der Waals surface area (Å²) in [5, 5.41) is 9.48. The smallest absolute Gasteiger partial charge is 0.309 e. The second-order valence-corrected chi connectivity index (χ2v) is 5.65. The second-order valence-electron chi connectivity index (χ2n) is 5.65. The maximum atomic E-state index is 13.1. The third-order valence-corrected chi connectivity index (χ3v) is 4.67. The minimum atomic E-state index is -2.56. The van der Waals surface area contributed by atoms with Crippen molar-refractivity contribution >= 4 is 5.97 Å². The number of rotatable bonds is 2. The monoisotopic (exact) mass is 246 g/mol. The van der Waals surface area contributed by atoms with Gasteiger partial charge in [-0.3, -0.25) is 4.79 Å². The van der Waals surface area contributed by atoms with Gasteiger partial charge < -0.3 is 5.11 Å². The number of halogens is 2. The average molecular weight is 246 g/mol. The quantitative estimate of drug-likeness (QED) is 0.803. The Balaban J connectivity index is 2.10. The number of carboxylic acid groups (broad SMARTS) is 1. The zero-order valence-corrected chi connectivity index (χ0v) is 10.1. The van der Waals surface area contributed by atoms with E-state index in [-0.39, 0.29) is 18.8 Å². The van der Waals surface area contributed by atoms with Crippen molar-refractivity contribution in [3.63, 3.8) is 0 Å². The fourth-order valence-corrected chi connectivity index (χ4v) is 3.57. The molecular weight excluding hydrogens is 226 g/mol. The predicted molar refractivity (Wildman–Crippen MR) is 60.1 cm³/mol. The van der Waals surface area contributed by atoms with E-state index in [1.54, 1.807) is 0 Å². The Hall–Kier alpha value is -0.670. The Kier molecular flexibility index (Phi) is 3.41. The van der Waals surface area contributed by atoms with Gasteiger partial charge in [-0.1, -0.05) is 19.3 Å². The highest BCUT2D eigenvalue weighted by molar-refractivity contribution is 5.75. The standard InChI is InChI=1S/C13H20F2O2/c14-13(15)8-4-10(5-9-13)12(11(16)17)6-2-1-3-7-12/h10H,1-9H2,(H,16,17). The van der Waals surface area contributed by atoms with Crippen LogP contribution in [-0.4, -0.2) is 17.0 Å². The third-order valence-electron chi connectivity index (χ3n) is 4.67. The Morgan fingerprint density at radius 1 is 1.00 bits per heavy atom. The van der Waals surface area contributed by atoms with Crippen LogP contribution >= 0.6 is 0 Å². The maximum absolute atomic E-state index is 13.1. The Bertz CT molecular complexity index is 286. The molecule has 0 aromatic rings. The summed E-state index contributed by atoms with van der Waals surface area (Å²) in [5.41, 5.74) is -0.700. The van der Waals surface area contributed by atoms with E-state index < -0.39 is 17.3 Å². The fourth-order valence-electron chi connectivity index (χ4n) is 3.57. The molecule has 0 amide bonds. The largest absolute Gasteiger partial charge is 0.481 e. The van der Waals surface area contributed by atoms with Crippen LogP contribution in [0, 0.1) is 11.3 Å². The van der Waals surface area contributed by atoms with Crippen molar-refractivity contribution in [1.29, 1.82) is 0 Å². The number of carboxylic acids is 1. The molecular formula is C13H20F2O2. The number of alkyl halides is 2. The van der Waals surface area contributed by atoms with Crippen molar-refractivity contribution in [1.82, 2.24) is 0 Å². The molecule has 2 saturated carbocycles. The molecule has 0 aromatic heterocycles. The van der Waals surface area contributed by atoms with Gasteiger partial charge >= 0.3 is 5.97 Å². The van der Waals surface area contributed by atoms with Gasteiger partial charge in [-0.15, -0.1) is 0 Å². The molecule has 2 fully saturated rings. The summed E-state index contributed by atoms with van der Waals surface area (Å²) in [4.78, 5) is 11.5. The van der Waals surface area contributed by atoms with Crippen LogP contribution in [0.4, 0.5) is 8.78 Å². The topological polar surface area (TPSA) is 37.3 Å². The van der Waals surface area contributed by atoms with Crippen molar-refractivity contribution in [2.75, 3.05) is 0 Å². The number of hydrogen-bond acceptors (Lipinski definition) is 1. The summed E-state index contributed by atoms with van der Waals surface area (Å²) in [6, 6.07) is 0. The lowest BCUT2D eigenvalue weighted by molar-refractivity contribution is -0.159. The van der Waals surface area contributed by atoms with Crippen LogP contribution in [0.5, 0.6) is 0 Å². The van der Waals surface area contributed by atoms with Gasteiger partial charge in [0, 0.05) is 12.8 Å². The molecule has 17 heavy (non-hydrogen) atoms. The summed E-state index contributed by atoms with van der Waals surface area (Å²) in [7, 11) is 0. The molecule has 98 valence electrons. The van der Waals surface area contributed by atoms with Crippen molar-refractivity contribution < 1.29 is 18.7 Å². The lowest BCUT2D eigenvalue weighted by Crippen LogP contribution is -2.43. The van der Waals surface area contributed by atoms with Gasteiger partial charge in [-0.2, -0.15) is 0 Å². The summed E-state index contributed by atoms with van der Waals surface area (Å²) >= 11 is 0. The van der Waals surface area contributed by atoms with Crippen LogP contribution in [0.3, 0.4) is 0 Å². The zero-order valence-electron chi connectivity index (χ0n) is 10.1. The minimum absolute atomic E-state index is 0.0417. The van der Waals surface area contributed by atoms with E-state index in [0.717, 1.165) is 19.3 Å². The van der Waals surface area contributed by atoms with Gasteiger partial charge in [-0.25, -0.2) is 8.78 Å². The highest BCUT2D eigenvalue weighted by atomic mass is 19.3. The number of aliphatic carboxylic acids is 1. The molecule has 2 aliphatic carbocycles. The first kappa shape index (κ1) is 12.8. The predicted octanol–water partition coefficient (Wildman–Crippen LogP) is 3.85. The van der Waals surface area contributed by atoms with E-state index in [4.69, 9.17) is 0 Å². The molecule has 0 bridgehead atoms. The van der Waals surface area contributed by atoms with Gasteiger partial charge in [0.2, 0.25) is 5.92 Å². The van der Waals surface area contributed by atoms with E-state index >= 15 is 0 Å². The fraction of sp³-hybridized carbons (Fsp3) is 0.923. The van der Waals surface area contributed by atoms with Crippen LogP contribution in [0.2, 0.25) is 0 Å². The first-order valence-electron chi connectivity index (χ1n) is 6.58. The molecule has 0 radical (unpaired) electrons. The van der Waals surface area contributed by atoms with Gasteiger partial charge in [0.15, 0.2) is 0 Å². The Labute approximate surface area is 100 Å². The Morgan fingerprint density at radius 2 is 1.53 bits per heavy atom. The van der Waals surface area contributed by atoms with Crippen LogP contribution < -0.4 is 0 Å². The molecule has 0 unspecified atom stereocenters. The van der Waals surface area contributed by atoms with Crippen molar-refractivity contribution in [2.45, 2.75) is 63.7 Å². The first-order valence-corrected chi connectivity index (χ1v) is 6.58. The normalized spacial score (nSPS) is 28.8. The van der Waals surface area contributed by atoms with E-state index in [1.807, 2.05) is 0 Å². The molecule has 2 aliphatic rings. The van der Waals surface area contributed by atoms with E-state index in [9.17, 15) is 18.7 Å². The number of hydrogen-bond donors (Lipinski definition) is 1. The zero-order chi connectivity index (χ0) is 12.5. The first-order chi connectivity index (χ1) is 7.96. The molecule has 2 rings (SSSR count). The summed E-state index contributed by atoms with van der Waals surface area (Å²) in [6.07, 6.45) is 4.78. The van der Waals surface area contributed by atoms with E-state index in [1.165, 1.54) is 0 Å². The molecule has 4 heteroatoms. The van der Waals surface area contributed by atoms with Gasteiger partial charge in [0.25, 0.3) is 0 Å². The summed E-state index contributed by atoms with van der Waals surface area (Å²) in [6.45, 7) is 0. The molecule has 0 aliphatic heterocycles. The lowest BCUT2D eigenvalue weighted by Gasteiger charge is -2.43. The summed E-state index contributed by atoms with van der Waals surface area (Å²) in [5.74, 6) is -3.36. The highest BCUT2D eigenvalue weighted by Crippen LogP contribution is 2.50. The van der Waals surface area contributed by atoms with E-state index in [2.05, 4.69) is 0 Å². The minimum Gasteiger partial charge on any atom is -0.481 e. The highest BCUT2D eigenvalue weighted by Gasteiger charge is 2.49. The molecule has 2 nitrogen and oxygen atoms in total. The van der Waals surface area contributed by atoms with Crippen LogP contribution in [0.25, 0.3) is 0 Å². The van der Waals surface area contributed by atoms with Gasteiger partial charge in [0.1, 0.15) is 0 Å². The van der Waals surface area contributed by atoms with Crippen LogP contribution in [-0.2, 0) is 4.79 Å². The maximum Gasteiger partial charge on any atom is 0.309 e. The Morgan fingerprint density at radius 3 is 2.00 bits per heavy atom. The van der Waals surface area contributed by atoms with Crippen LogP contribution in [0.15, 0.2) is 0 Å². The molecule has 0 atom stereocenters. The molecule has 1 N–H and O–H groups in total. The van der Waals surface area contributed by atoms with E-state index in [0.29, 0.717) is 25.7 Å². The summed E-state index contributed by atoms with van der Waals surface area (Å²) < 4.78 is 26.2.